The van der Waals surface area contributed by atoms with Crippen molar-refractivity contribution in [3.63, 3.8) is 0 Å². The van der Waals surface area contributed by atoms with Gasteiger partial charge in [-0.3, -0.25) is 0 Å². The highest BCUT2D eigenvalue weighted by Crippen LogP contribution is 2.32. The highest BCUT2D eigenvalue weighted by molar-refractivity contribution is 4.77. The minimum absolute atomic E-state index is 0.122. The van der Waals surface area contributed by atoms with Gasteiger partial charge in [-0.2, -0.15) is 0 Å². The van der Waals surface area contributed by atoms with Crippen LogP contribution in [0.5, 0.6) is 0 Å². The SMILES string of the molecule is CCCCC1(CC)OCC(COC)O1. The Morgan fingerprint density at radius 1 is 1.43 bits per heavy atom. The van der Waals surface area contributed by atoms with E-state index < -0.39 is 0 Å². The van der Waals surface area contributed by atoms with Gasteiger partial charge in [0.15, 0.2) is 5.79 Å². The van der Waals surface area contributed by atoms with Gasteiger partial charge in [-0.25, -0.2) is 0 Å². The molecule has 1 saturated heterocycles. The van der Waals surface area contributed by atoms with Crippen molar-refractivity contribution < 1.29 is 14.2 Å². The predicted molar refractivity (Wildman–Crippen MR) is 55.2 cm³/mol. The largest absolute Gasteiger partial charge is 0.382 e. The van der Waals surface area contributed by atoms with Gasteiger partial charge in [0.25, 0.3) is 0 Å². The molecule has 0 radical (unpaired) electrons. The van der Waals surface area contributed by atoms with Gasteiger partial charge in [0.2, 0.25) is 0 Å². The summed E-state index contributed by atoms with van der Waals surface area (Å²) in [6.45, 7) is 5.61. The molecule has 0 aromatic carbocycles. The summed E-state index contributed by atoms with van der Waals surface area (Å²) in [5.74, 6) is -0.320. The van der Waals surface area contributed by atoms with E-state index >= 15 is 0 Å². The van der Waals surface area contributed by atoms with Crippen LogP contribution >= 0.6 is 0 Å². The zero-order valence-electron chi connectivity index (χ0n) is 9.54. The van der Waals surface area contributed by atoms with Crippen LogP contribution in [0.1, 0.15) is 39.5 Å². The average molecular weight is 202 g/mol. The van der Waals surface area contributed by atoms with Crippen molar-refractivity contribution in [2.75, 3.05) is 20.3 Å². The molecule has 1 heterocycles. The first-order chi connectivity index (χ1) is 6.76. The standard InChI is InChI=1S/C11H22O3/c1-4-6-7-11(5-2)13-9-10(14-11)8-12-3/h10H,4-9H2,1-3H3. The second kappa shape index (κ2) is 5.69. The summed E-state index contributed by atoms with van der Waals surface area (Å²) in [5.41, 5.74) is 0. The average Bonchev–Trinajstić information content (AvgIpc) is 2.60. The second-order valence-corrected chi connectivity index (χ2v) is 3.87. The van der Waals surface area contributed by atoms with Crippen molar-refractivity contribution in [3.05, 3.63) is 0 Å². The molecule has 14 heavy (non-hydrogen) atoms. The van der Waals surface area contributed by atoms with Crippen LogP contribution < -0.4 is 0 Å². The first-order valence-electron chi connectivity index (χ1n) is 5.57. The summed E-state index contributed by atoms with van der Waals surface area (Å²) < 4.78 is 16.7. The highest BCUT2D eigenvalue weighted by atomic mass is 16.7. The summed E-state index contributed by atoms with van der Waals surface area (Å²) in [6, 6.07) is 0. The lowest BCUT2D eigenvalue weighted by atomic mass is 10.1. The summed E-state index contributed by atoms with van der Waals surface area (Å²) in [4.78, 5) is 0. The van der Waals surface area contributed by atoms with Crippen LogP contribution in [0.25, 0.3) is 0 Å². The van der Waals surface area contributed by atoms with Gasteiger partial charge in [0, 0.05) is 13.5 Å². The molecule has 2 atom stereocenters. The molecule has 0 aliphatic carbocycles. The molecule has 0 aromatic heterocycles. The van der Waals surface area contributed by atoms with Crippen LogP contribution in [0.4, 0.5) is 0 Å². The normalized spacial score (nSPS) is 32.4. The quantitative estimate of drug-likeness (QED) is 0.661. The van der Waals surface area contributed by atoms with E-state index in [1.54, 1.807) is 7.11 Å². The van der Waals surface area contributed by atoms with E-state index in [1.165, 1.54) is 6.42 Å². The third kappa shape index (κ3) is 2.94. The molecule has 2 unspecified atom stereocenters. The summed E-state index contributed by atoms with van der Waals surface area (Å²) >= 11 is 0. The molecular weight excluding hydrogens is 180 g/mol. The van der Waals surface area contributed by atoms with Crippen molar-refractivity contribution in [3.8, 4) is 0 Å². The number of methoxy groups -OCH3 is 1. The number of unbranched alkanes of at least 4 members (excludes halogenated alkanes) is 1. The van der Waals surface area contributed by atoms with Crippen LogP contribution in [0.3, 0.4) is 0 Å². The van der Waals surface area contributed by atoms with E-state index in [0.717, 1.165) is 19.3 Å². The van der Waals surface area contributed by atoms with Gasteiger partial charge in [-0.05, 0) is 12.8 Å². The Morgan fingerprint density at radius 2 is 2.21 bits per heavy atom. The molecule has 1 aliphatic rings. The van der Waals surface area contributed by atoms with Crippen LogP contribution in [-0.2, 0) is 14.2 Å². The fraction of sp³-hybridized carbons (Fsp3) is 1.00. The lowest BCUT2D eigenvalue weighted by Crippen LogP contribution is -2.30. The second-order valence-electron chi connectivity index (χ2n) is 3.87. The van der Waals surface area contributed by atoms with Gasteiger partial charge < -0.3 is 14.2 Å². The molecular formula is C11H22O3. The van der Waals surface area contributed by atoms with Crippen LogP contribution in [-0.4, -0.2) is 32.2 Å². The molecule has 3 nitrogen and oxygen atoms in total. The number of rotatable bonds is 6. The van der Waals surface area contributed by atoms with Crippen molar-refractivity contribution in [1.82, 2.24) is 0 Å². The Morgan fingerprint density at radius 3 is 2.79 bits per heavy atom. The smallest absolute Gasteiger partial charge is 0.168 e. The Balaban J connectivity index is 2.39. The lowest BCUT2D eigenvalue weighted by molar-refractivity contribution is -0.179. The molecule has 3 heteroatoms. The van der Waals surface area contributed by atoms with Crippen molar-refractivity contribution in [2.24, 2.45) is 0 Å². The maximum atomic E-state index is 5.89. The van der Waals surface area contributed by atoms with E-state index in [4.69, 9.17) is 14.2 Å². The molecule has 0 bridgehead atoms. The zero-order valence-corrected chi connectivity index (χ0v) is 9.54. The van der Waals surface area contributed by atoms with E-state index in [9.17, 15) is 0 Å². The van der Waals surface area contributed by atoms with Gasteiger partial charge in [0.1, 0.15) is 6.10 Å². The summed E-state index contributed by atoms with van der Waals surface area (Å²) in [7, 11) is 1.70. The molecule has 1 rings (SSSR count). The predicted octanol–water partition coefficient (Wildman–Crippen LogP) is 2.34. The van der Waals surface area contributed by atoms with Crippen molar-refractivity contribution in [1.29, 1.82) is 0 Å². The molecule has 0 saturated carbocycles. The minimum Gasteiger partial charge on any atom is -0.382 e. The van der Waals surface area contributed by atoms with Crippen molar-refractivity contribution in [2.45, 2.75) is 51.4 Å². The molecule has 0 aromatic rings. The first kappa shape index (κ1) is 12.0. The molecule has 0 amide bonds. The number of hydrogen-bond acceptors (Lipinski definition) is 3. The van der Waals surface area contributed by atoms with Crippen LogP contribution in [0, 0.1) is 0 Å². The number of hydrogen-bond donors (Lipinski definition) is 0. The molecule has 1 aliphatic heterocycles. The Bertz CT molecular complexity index is 161. The summed E-state index contributed by atoms with van der Waals surface area (Å²) in [6.07, 6.45) is 4.39. The Hall–Kier alpha value is -0.120. The Kier molecular flexibility index (Phi) is 4.85. The monoisotopic (exact) mass is 202 g/mol. The third-order valence-electron chi connectivity index (χ3n) is 2.72. The van der Waals surface area contributed by atoms with E-state index in [2.05, 4.69) is 13.8 Å². The lowest BCUT2D eigenvalue weighted by Gasteiger charge is -2.26. The maximum Gasteiger partial charge on any atom is 0.168 e. The highest BCUT2D eigenvalue weighted by Gasteiger charge is 2.39. The number of ether oxygens (including phenoxy) is 3. The van der Waals surface area contributed by atoms with Gasteiger partial charge in [0.05, 0.1) is 13.2 Å². The topological polar surface area (TPSA) is 27.7 Å². The van der Waals surface area contributed by atoms with Crippen molar-refractivity contribution >= 4 is 0 Å². The van der Waals surface area contributed by atoms with E-state index in [0.29, 0.717) is 13.2 Å². The van der Waals surface area contributed by atoms with E-state index in [1.807, 2.05) is 0 Å². The minimum atomic E-state index is -0.320. The molecule has 0 spiro atoms. The van der Waals surface area contributed by atoms with Gasteiger partial charge >= 0.3 is 0 Å². The molecule has 84 valence electrons. The fourth-order valence-electron chi connectivity index (χ4n) is 1.82. The molecule has 1 fully saturated rings. The molecule has 0 N–H and O–H groups in total. The summed E-state index contributed by atoms with van der Waals surface area (Å²) in [5, 5.41) is 0. The van der Waals surface area contributed by atoms with Crippen LogP contribution in [0.2, 0.25) is 0 Å². The Labute approximate surface area is 86.7 Å². The fourth-order valence-corrected chi connectivity index (χ4v) is 1.82. The van der Waals surface area contributed by atoms with Crippen LogP contribution in [0.15, 0.2) is 0 Å². The van der Waals surface area contributed by atoms with E-state index in [-0.39, 0.29) is 11.9 Å². The van der Waals surface area contributed by atoms with Gasteiger partial charge in [-0.1, -0.05) is 20.3 Å². The van der Waals surface area contributed by atoms with Gasteiger partial charge in [-0.15, -0.1) is 0 Å². The third-order valence-corrected chi connectivity index (χ3v) is 2.72. The first-order valence-corrected chi connectivity index (χ1v) is 5.57. The maximum absolute atomic E-state index is 5.89. The zero-order chi connectivity index (χ0) is 10.4.